The van der Waals surface area contributed by atoms with Gasteiger partial charge in [0, 0.05) is 12.0 Å². The average Bonchev–Trinajstić information content (AvgIpc) is 2.33. The van der Waals surface area contributed by atoms with Gasteiger partial charge in [-0.1, -0.05) is 19.9 Å². The van der Waals surface area contributed by atoms with Crippen LogP contribution in [-0.2, 0) is 0 Å². The molecule has 2 aromatic rings. The number of ether oxygens (including phenoxy) is 1. The number of rotatable bonds is 3. The Labute approximate surface area is 113 Å². The number of hydrogen-bond acceptors (Lipinski definition) is 4. The summed E-state index contributed by atoms with van der Waals surface area (Å²) < 4.78 is 5.75. The predicted octanol–water partition coefficient (Wildman–Crippen LogP) is 3.59. The van der Waals surface area contributed by atoms with Crippen molar-refractivity contribution in [2.75, 3.05) is 5.73 Å². The number of aromatic nitrogens is 2. The van der Waals surface area contributed by atoms with E-state index in [9.17, 15) is 0 Å². The van der Waals surface area contributed by atoms with Gasteiger partial charge >= 0.3 is 0 Å². The van der Waals surface area contributed by atoms with Gasteiger partial charge in [0.05, 0.1) is 0 Å². The van der Waals surface area contributed by atoms with Crippen LogP contribution in [-0.4, -0.2) is 9.97 Å². The first-order valence-corrected chi connectivity index (χ1v) is 6.35. The standard InChI is InChI=1S/C15H19N3O/c1-9(2)15-17-13(16)8-14(18-15)19-12-6-5-10(3)11(4)7-12/h5-9H,1-4H3,(H2,16,17,18). The summed E-state index contributed by atoms with van der Waals surface area (Å²) in [5.74, 6) is 2.58. The summed E-state index contributed by atoms with van der Waals surface area (Å²) in [5.41, 5.74) is 8.19. The fourth-order valence-corrected chi connectivity index (χ4v) is 1.67. The molecule has 0 radical (unpaired) electrons. The summed E-state index contributed by atoms with van der Waals surface area (Å²) in [6.45, 7) is 8.16. The van der Waals surface area contributed by atoms with E-state index < -0.39 is 0 Å². The van der Waals surface area contributed by atoms with Crippen molar-refractivity contribution in [2.45, 2.75) is 33.6 Å². The van der Waals surface area contributed by atoms with E-state index in [1.54, 1.807) is 6.07 Å². The summed E-state index contributed by atoms with van der Waals surface area (Å²) in [4.78, 5) is 8.56. The van der Waals surface area contributed by atoms with Crippen molar-refractivity contribution < 1.29 is 4.74 Å². The zero-order chi connectivity index (χ0) is 14.0. The van der Waals surface area contributed by atoms with Gasteiger partial charge in [-0.3, -0.25) is 0 Å². The first-order chi connectivity index (χ1) is 8.95. The van der Waals surface area contributed by atoms with Crippen molar-refractivity contribution in [2.24, 2.45) is 0 Å². The molecule has 0 aliphatic carbocycles. The van der Waals surface area contributed by atoms with Gasteiger partial charge in [0.15, 0.2) is 0 Å². The molecule has 19 heavy (non-hydrogen) atoms. The molecule has 0 aliphatic heterocycles. The van der Waals surface area contributed by atoms with Crippen molar-refractivity contribution in [3.63, 3.8) is 0 Å². The Balaban J connectivity index is 2.29. The van der Waals surface area contributed by atoms with Crippen LogP contribution in [0, 0.1) is 13.8 Å². The molecular weight excluding hydrogens is 238 g/mol. The highest BCUT2D eigenvalue weighted by atomic mass is 16.5. The summed E-state index contributed by atoms with van der Waals surface area (Å²) >= 11 is 0. The zero-order valence-corrected chi connectivity index (χ0v) is 11.8. The monoisotopic (exact) mass is 257 g/mol. The van der Waals surface area contributed by atoms with Gasteiger partial charge in [0.25, 0.3) is 0 Å². The number of hydrogen-bond donors (Lipinski definition) is 1. The first-order valence-electron chi connectivity index (χ1n) is 6.35. The Hall–Kier alpha value is -2.10. The largest absolute Gasteiger partial charge is 0.439 e. The molecule has 0 aliphatic rings. The van der Waals surface area contributed by atoms with Crippen LogP contribution < -0.4 is 10.5 Å². The van der Waals surface area contributed by atoms with Crippen LogP contribution in [0.1, 0.15) is 36.7 Å². The number of anilines is 1. The molecule has 0 fully saturated rings. The van der Waals surface area contributed by atoms with Gasteiger partial charge in [-0.15, -0.1) is 0 Å². The summed E-state index contributed by atoms with van der Waals surface area (Å²) in [5, 5.41) is 0. The first kappa shape index (κ1) is 13.3. The molecule has 0 saturated carbocycles. The molecule has 2 N–H and O–H groups in total. The Bertz CT molecular complexity index is 594. The fourth-order valence-electron chi connectivity index (χ4n) is 1.67. The molecule has 0 atom stereocenters. The second kappa shape index (κ2) is 5.26. The van der Waals surface area contributed by atoms with Gasteiger partial charge in [-0.2, -0.15) is 4.98 Å². The van der Waals surface area contributed by atoms with Crippen molar-refractivity contribution in [3.05, 3.63) is 41.2 Å². The zero-order valence-electron chi connectivity index (χ0n) is 11.8. The smallest absolute Gasteiger partial charge is 0.224 e. The second-order valence-electron chi connectivity index (χ2n) is 4.99. The molecule has 0 unspecified atom stereocenters. The van der Waals surface area contributed by atoms with E-state index in [-0.39, 0.29) is 5.92 Å². The second-order valence-corrected chi connectivity index (χ2v) is 4.99. The Kier molecular flexibility index (Phi) is 3.69. The molecule has 1 aromatic carbocycles. The molecule has 1 aromatic heterocycles. The number of benzene rings is 1. The molecule has 100 valence electrons. The molecule has 4 nitrogen and oxygen atoms in total. The summed E-state index contributed by atoms with van der Waals surface area (Å²) in [7, 11) is 0. The molecule has 0 spiro atoms. The minimum absolute atomic E-state index is 0.214. The molecule has 4 heteroatoms. The van der Waals surface area contributed by atoms with Crippen LogP contribution in [0.5, 0.6) is 11.6 Å². The fraction of sp³-hybridized carbons (Fsp3) is 0.333. The minimum atomic E-state index is 0.214. The lowest BCUT2D eigenvalue weighted by Gasteiger charge is -2.10. The normalized spacial score (nSPS) is 10.8. The topological polar surface area (TPSA) is 61.0 Å². The van der Waals surface area contributed by atoms with Gasteiger partial charge in [-0.05, 0) is 37.1 Å². The minimum Gasteiger partial charge on any atom is -0.439 e. The van der Waals surface area contributed by atoms with Crippen LogP contribution in [0.4, 0.5) is 5.82 Å². The van der Waals surface area contributed by atoms with E-state index in [2.05, 4.69) is 23.8 Å². The van der Waals surface area contributed by atoms with E-state index in [0.717, 1.165) is 5.75 Å². The van der Waals surface area contributed by atoms with Crippen molar-refractivity contribution in [3.8, 4) is 11.6 Å². The van der Waals surface area contributed by atoms with E-state index in [0.29, 0.717) is 17.5 Å². The van der Waals surface area contributed by atoms with Crippen LogP contribution in [0.2, 0.25) is 0 Å². The SMILES string of the molecule is Cc1ccc(Oc2cc(N)nc(C(C)C)n2)cc1C. The van der Waals surface area contributed by atoms with Crippen LogP contribution >= 0.6 is 0 Å². The van der Waals surface area contributed by atoms with Crippen molar-refractivity contribution in [1.29, 1.82) is 0 Å². The van der Waals surface area contributed by atoms with Gasteiger partial charge < -0.3 is 10.5 Å². The predicted molar refractivity (Wildman–Crippen MR) is 76.5 cm³/mol. The summed E-state index contributed by atoms with van der Waals surface area (Å²) in [6.07, 6.45) is 0. The van der Waals surface area contributed by atoms with E-state index in [1.807, 2.05) is 32.0 Å². The molecule has 2 rings (SSSR count). The average molecular weight is 257 g/mol. The lowest BCUT2D eigenvalue weighted by Crippen LogP contribution is -2.03. The van der Waals surface area contributed by atoms with E-state index in [1.165, 1.54) is 11.1 Å². The van der Waals surface area contributed by atoms with Gasteiger partial charge in [-0.25, -0.2) is 4.98 Å². The van der Waals surface area contributed by atoms with E-state index in [4.69, 9.17) is 10.5 Å². The quantitative estimate of drug-likeness (QED) is 0.912. The maximum absolute atomic E-state index is 5.77. The Morgan fingerprint density at radius 2 is 1.79 bits per heavy atom. The number of nitrogens with zero attached hydrogens (tertiary/aromatic N) is 2. The Morgan fingerprint density at radius 1 is 1.05 bits per heavy atom. The lowest BCUT2D eigenvalue weighted by molar-refractivity contribution is 0.457. The highest BCUT2D eigenvalue weighted by Crippen LogP contribution is 2.24. The number of nitrogen functional groups attached to an aromatic ring is 1. The number of nitrogens with two attached hydrogens (primary N) is 1. The van der Waals surface area contributed by atoms with Gasteiger partial charge in [0.2, 0.25) is 5.88 Å². The van der Waals surface area contributed by atoms with Gasteiger partial charge in [0.1, 0.15) is 17.4 Å². The number of aryl methyl sites for hydroxylation is 2. The molecule has 1 heterocycles. The maximum atomic E-state index is 5.77. The molecule has 0 saturated heterocycles. The maximum Gasteiger partial charge on any atom is 0.224 e. The van der Waals surface area contributed by atoms with E-state index >= 15 is 0 Å². The third kappa shape index (κ3) is 3.22. The molecule has 0 bridgehead atoms. The van der Waals surface area contributed by atoms with Crippen molar-refractivity contribution >= 4 is 5.82 Å². The third-order valence-electron chi connectivity index (χ3n) is 2.96. The highest BCUT2D eigenvalue weighted by molar-refractivity contribution is 5.39. The molecular formula is C15H19N3O. The van der Waals surface area contributed by atoms with Crippen molar-refractivity contribution in [1.82, 2.24) is 9.97 Å². The lowest BCUT2D eigenvalue weighted by atomic mass is 10.1. The Morgan fingerprint density at radius 3 is 2.42 bits per heavy atom. The highest BCUT2D eigenvalue weighted by Gasteiger charge is 2.08. The molecule has 0 amide bonds. The van der Waals surface area contributed by atoms with Crippen LogP contribution in [0.15, 0.2) is 24.3 Å². The van der Waals surface area contributed by atoms with Crippen LogP contribution in [0.25, 0.3) is 0 Å². The third-order valence-corrected chi connectivity index (χ3v) is 2.96. The summed E-state index contributed by atoms with van der Waals surface area (Å²) in [6, 6.07) is 7.58. The van der Waals surface area contributed by atoms with Crippen LogP contribution in [0.3, 0.4) is 0 Å².